The number of halogens is 1. The zero-order valence-electron chi connectivity index (χ0n) is 11.1. The highest BCUT2D eigenvalue weighted by Crippen LogP contribution is 2.28. The van der Waals surface area contributed by atoms with E-state index in [0.29, 0.717) is 12.2 Å². The average molecular weight is 355 g/mol. The highest BCUT2D eigenvalue weighted by molar-refractivity contribution is 7.20. The van der Waals surface area contributed by atoms with E-state index in [4.69, 9.17) is 11.6 Å². The molecule has 0 radical (unpaired) electrons. The van der Waals surface area contributed by atoms with Gasteiger partial charge in [0.15, 0.2) is 0 Å². The van der Waals surface area contributed by atoms with Gasteiger partial charge in [-0.05, 0) is 23.6 Å². The van der Waals surface area contributed by atoms with Crippen LogP contribution in [0.15, 0.2) is 35.0 Å². The molecule has 0 N–H and O–H groups in total. The van der Waals surface area contributed by atoms with Crippen molar-refractivity contribution < 1.29 is 4.79 Å². The van der Waals surface area contributed by atoms with E-state index in [9.17, 15) is 4.79 Å². The van der Waals surface area contributed by atoms with E-state index in [1.54, 1.807) is 23.3 Å². The zero-order chi connectivity index (χ0) is 14.8. The third kappa shape index (κ3) is 3.35. The number of carbonyl (C=O) groups is 1. The van der Waals surface area contributed by atoms with Crippen molar-refractivity contribution >= 4 is 51.5 Å². The first kappa shape index (κ1) is 14.7. The fourth-order valence-corrected chi connectivity index (χ4v) is 4.57. The molecule has 0 aliphatic heterocycles. The molecule has 0 aromatic carbocycles. The largest absolute Gasteiger partial charge is 0.335 e. The number of thiazole rings is 1. The Balaban J connectivity index is 1.72. The molecule has 3 aromatic heterocycles. The van der Waals surface area contributed by atoms with Crippen molar-refractivity contribution in [3.8, 4) is 9.88 Å². The first-order chi connectivity index (χ1) is 10.1. The van der Waals surface area contributed by atoms with Gasteiger partial charge in [0, 0.05) is 17.3 Å². The van der Waals surface area contributed by atoms with Crippen LogP contribution < -0.4 is 0 Å². The van der Waals surface area contributed by atoms with Crippen molar-refractivity contribution in [2.24, 2.45) is 0 Å². The molecule has 108 valence electrons. The van der Waals surface area contributed by atoms with Gasteiger partial charge in [-0.15, -0.1) is 34.0 Å². The number of hydrogen-bond donors (Lipinski definition) is 0. The molecular formula is C14H11ClN2OS3. The number of nitrogens with zero attached hydrogens (tertiary/aromatic N) is 2. The Bertz CT molecular complexity index is 748. The Kier molecular flexibility index (Phi) is 4.40. The van der Waals surface area contributed by atoms with Crippen LogP contribution in [0.25, 0.3) is 9.88 Å². The van der Waals surface area contributed by atoms with Crippen molar-refractivity contribution in [2.45, 2.75) is 6.54 Å². The normalized spacial score (nSPS) is 10.8. The van der Waals surface area contributed by atoms with Gasteiger partial charge in [-0.25, -0.2) is 4.98 Å². The summed E-state index contributed by atoms with van der Waals surface area (Å²) in [6, 6.07) is 7.77. The summed E-state index contributed by atoms with van der Waals surface area (Å²) in [5.74, 6) is -0.0708. The second-order valence-electron chi connectivity index (χ2n) is 4.38. The van der Waals surface area contributed by atoms with E-state index < -0.39 is 0 Å². The predicted octanol–water partition coefficient (Wildman–Crippen LogP) is 4.86. The smallest absolute Gasteiger partial charge is 0.273 e. The van der Waals surface area contributed by atoms with Gasteiger partial charge < -0.3 is 4.90 Å². The molecule has 3 nitrogen and oxygen atoms in total. The standard InChI is InChI=1S/C14H11ClN2OS3/c1-17(7-9-4-5-12(15)21-9)14(18)10-8-20-13(16-10)11-3-2-6-19-11/h2-6,8H,7H2,1H3. The maximum atomic E-state index is 12.4. The zero-order valence-corrected chi connectivity index (χ0v) is 14.3. The predicted molar refractivity (Wildman–Crippen MR) is 90.6 cm³/mol. The van der Waals surface area contributed by atoms with Crippen molar-refractivity contribution in [1.82, 2.24) is 9.88 Å². The molecule has 3 rings (SSSR count). The van der Waals surface area contributed by atoms with Crippen molar-refractivity contribution in [2.75, 3.05) is 7.05 Å². The highest BCUT2D eigenvalue weighted by Gasteiger charge is 2.17. The maximum Gasteiger partial charge on any atom is 0.273 e. The van der Waals surface area contributed by atoms with Crippen molar-refractivity contribution in [1.29, 1.82) is 0 Å². The van der Waals surface area contributed by atoms with Gasteiger partial charge in [-0.1, -0.05) is 17.7 Å². The molecule has 7 heteroatoms. The van der Waals surface area contributed by atoms with Crippen molar-refractivity contribution in [3.63, 3.8) is 0 Å². The Morgan fingerprint density at radius 2 is 2.19 bits per heavy atom. The third-order valence-corrected chi connectivity index (χ3v) is 5.92. The van der Waals surface area contributed by atoms with Gasteiger partial charge in [0.1, 0.15) is 10.7 Å². The topological polar surface area (TPSA) is 33.2 Å². The fourth-order valence-electron chi connectivity index (χ4n) is 1.82. The maximum absolute atomic E-state index is 12.4. The molecule has 0 atom stereocenters. The Labute approximate surface area is 139 Å². The number of thiophene rings is 2. The van der Waals surface area contributed by atoms with E-state index in [1.165, 1.54) is 22.7 Å². The molecule has 3 aromatic rings. The number of amides is 1. The van der Waals surface area contributed by atoms with Crippen LogP contribution in [-0.4, -0.2) is 22.8 Å². The van der Waals surface area contributed by atoms with E-state index in [0.717, 1.165) is 19.1 Å². The summed E-state index contributed by atoms with van der Waals surface area (Å²) < 4.78 is 0.736. The van der Waals surface area contributed by atoms with Crippen LogP contribution in [0.2, 0.25) is 4.34 Å². The number of hydrogen-bond acceptors (Lipinski definition) is 5. The second-order valence-corrected chi connectivity index (χ2v) is 7.99. The summed E-state index contributed by atoms with van der Waals surface area (Å²) >= 11 is 10.5. The summed E-state index contributed by atoms with van der Waals surface area (Å²) in [4.78, 5) is 20.6. The lowest BCUT2D eigenvalue weighted by atomic mass is 10.3. The molecule has 0 unspecified atom stereocenters. The van der Waals surface area contributed by atoms with E-state index >= 15 is 0 Å². The lowest BCUT2D eigenvalue weighted by Crippen LogP contribution is -2.26. The molecule has 0 bridgehead atoms. The van der Waals surface area contributed by atoms with E-state index in [1.807, 2.05) is 35.0 Å². The monoisotopic (exact) mass is 354 g/mol. The summed E-state index contributed by atoms with van der Waals surface area (Å²) in [5, 5.41) is 4.71. The molecule has 0 spiro atoms. The molecule has 0 saturated carbocycles. The Morgan fingerprint density at radius 1 is 1.33 bits per heavy atom. The first-order valence-corrected chi connectivity index (χ1v) is 9.08. The summed E-state index contributed by atoms with van der Waals surface area (Å²) in [7, 11) is 1.78. The first-order valence-electron chi connectivity index (χ1n) is 6.12. The molecule has 3 heterocycles. The number of aromatic nitrogens is 1. The van der Waals surface area contributed by atoms with Crippen LogP contribution in [0, 0.1) is 0 Å². The molecular weight excluding hydrogens is 344 g/mol. The quantitative estimate of drug-likeness (QED) is 0.670. The molecule has 1 amide bonds. The third-order valence-electron chi connectivity index (χ3n) is 2.82. The van der Waals surface area contributed by atoms with Crippen LogP contribution in [0.3, 0.4) is 0 Å². The molecule has 0 aliphatic rings. The summed E-state index contributed by atoms with van der Waals surface area (Å²) in [6.07, 6.45) is 0. The van der Waals surface area contributed by atoms with Crippen LogP contribution >= 0.6 is 45.6 Å². The molecule has 0 fully saturated rings. The van der Waals surface area contributed by atoms with Gasteiger partial charge in [0.25, 0.3) is 5.91 Å². The fraction of sp³-hybridized carbons (Fsp3) is 0.143. The van der Waals surface area contributed by atoms with Gasteiger partial charge >= 0.3 is 0 Å². The average Bonchev–Trinajstić information content (AvgIpc) is 3.18. The summed E-state index contributed by atoms with van der Waals surface area (Å²) in [6.45, 7) is 0.544. The van der Waals surface area contributed by atoms with Crippen LogP contribution in [0.4, 0.5) is 0 Å². The minimum Gasteiger partial charge on any atom is -0.335 e. The molecule has 21 heavy (non-hydrogen) atoms. The van der Waals surface area contributed by atoms with E-state index in [-0.39, 0.29) is 5.91 Å². The molecule has 0 saturated heterocycles. The van der Waals surface area contributed by atoms with Crippen LogP contribution in [-0.2, 0) is 6.54 Å². The SMILES string of the molecule is CN(Cc1ccc(Cl)s1)C(=O)c1csc(-c2cccs2)n1. The minimum atomic E-state index is -0.0708. The number of carbonyl (C=O) groups excluding carboxylic acids is 1. The van der Waals surface area contributed by atoms with Crippen LogP contribution in [0.5, 0.6) is 0 Å². The van der Waals surface area contributed by atoms with Gasteiger partial charge in [0.2, 0.25) is 0 Å². The highest BCUT2D eigenvalue weighted by atomic mass is 35.5. The number of rotatable bonds is 4. The Hall–Kier alpha value is -1.21. The van der Waals surface area contributed by atoms with Gasteiger partial charge in [-0.3, -0.25) is 4.79 Å². The summed E-state index contributed by atoms with van der Waals surface area (Å²) in [5.41, 5.74) is 0.494. The molecule has 0 aliphatic carbocycles. The van der Waals surface area contributed by atoms with E-state index in [2.05, 4.69) is 4.98 Å². The Morgan fingerprint density at radius 3 is 2.86 bits per heavy atom. The van der Waals surface area contributed by atoms with Gasteiger partial charge in [0.05, 0.1) is 15.8 Å². The van der Waals surface area contributed by atoms with Gasteiger partial charge in [-0.2, -0.15) is 0 Å². The minimum absolute atomic E-state index is 0.0708. The second kappa shape index (κ2) is 6.27. The van der Waals surface area contributed by atoms with Crippen LogP contribution in [0.1, 0.15) is 15.4 Å². The lowest BCUT2D eigenvalue weighted by Gasteiger charge is -2.14. The van der Waals surface area contributed by atoms with Crippen molar-refractivity contribution in [3.05, 3.63) is 49.9 Å². The lowest BCUT2D eigenvalue weighted by molar-refractivity contribution is 0.0781.